The van der Waals surface area contributed by atoms with Crippen LogP contribution in [0.2, 0.25) is 0 Å². The smallest absolute Gasteiger partial charge is 0.257 e. The summed E-state index contributed by atoms with van der Waals surface area (Å²) in [7, 11) is 1.61. The number of ether oxygens (including phenoxy) is 3. The molecule has 4 rings (SSSR count). The van der Waals surface area contributed by atoms with Crippen molar-refractivity contribution in [3.63, 3.8) is 0 Å². The van der Waals surface area contributed by atoms with Crippen LogP contribution in [0.5, 0.6) is 5.88 Å². The van der Waals surface area contributed by atoms with E-state index in [0.717, 1.165) is 64.3 Å². The maximum absolute atomic E-state index is 12.9. The Morgan fingerprint density at radius 1 is 1.21 bits per heavy atom. The van der Waals surface area contributed by atoms with Crippen LogP contribution in [0, 0.1) is 5.92 Å². The second kappa shape index (κ2) is 8.61. The molecule has 0 saturated carbocycles. The van der Waals surface area contributed by atoms with Crippen LogP contribution >= 0.6 is 0 Å². The number of nitrogens with zero attached hydrogens (tertiary/aromatic N) is 4. The second-order valence-corrected chi connectivity index (χ2v) is 7.98. The number of amides is 1. The largest absolute Gasteiger partial charge is 0.478 e. The van der Waals surface area contributed by atoms with Gasteiger partial charge in [-0.05, 0) is 31.6 Å². The number of hydrogen-bond donors (Lipinski definition) is 0. The first kappa shape index (κ1) is 19.4. The standard InChI is InChI=1S/C20H30N4O4/c1-26-19-18(21-6-7-22-19)24-9-4-20(5-10-24)14-17(25)23(11-13-28-20)8-2-16-3-12-27-15-16/h6-7,16H,2-5,8-15H2,1H3. The van der Waals surface area contributed by atoms with Crippen molar-refractivity contribution in [1.82, 2.24) is 14.9 Å². The number of hydrogen-bond acceptors (Lipinski definition) is 7. The summed E-state index contributed by atoms with van der Waals surface area (Å²) in [6, 6.07) is 0. The van der Waals surface area contributed by atoms with E-state index in [-0.39, 0.29) is 11.5 Å². The molecule has 1 aromatic heterocycles. The van der Waals surface area contributed by atoms with E-state index in [1.54, 1.807) is 19.5 Å². The van der Waals surface area contributed by atoms with Crippen LogP contribution in [0.4, 0.5) is 5.82 Å². The highest BCUT2D eigenvalue weighted by Crippen LogP contribution is 2.35. The predicted molar refractivity (Wildman–Crippen MR) is 103 cm³/mol. The van der Waals surface area contributed by atoms with Gasteiger partial charge in [0.15, 0.2) is 5.82 Å². The first-order valence-corrected chi connectivity index (χ1v) is 10.3. The van der Waals surface area contributed by atoms with Crippen molar-refractivity contribution >= 4 is 11.7 Å². The zero-order valence-electron chi connectivity index (χ0n) is 16.6. The first-order valence-electron chi connectivity index (χ1n) is 10.3. The van der Waals surface area contributed by atoms with Crippen LogP contribution < -0.4 is 9.64 Å². The number of methoxy groups -OCH3 is 1. The molecule has 3 saturated heterocycles. The third-order valence-corrected chi connectivity index (χ3v) is 6.24. The Hall–Kier alpha value is -1.93. The Labute approximate surface area is 166 Å². The van der Waals surface area contributed by atoms with Gasteiger partial charge in [0, 0.05) is 51.8 Å². The topological polar surface area (TPSA) is 77.0 Å². The minimum Gasteiger partial charge on any atom is -0.478 e. The number of carbonyl (C=O) groups is 1. The van der Waals surface area contributed by atoms with Gasteiger partial charge >= 0.3 is 0 Å². The third kappa shape index (κ3) is 4.22. The Bertz CT molecular complexity index is 672. The third-order valence-electron chi connectivity index (χ3n) is 6.24. The Kier molecular flexibility index (Phi) is 5.96. The zero-order chi connectivity index (χ0) is 19.4. The highest BCUT2D eigenvalue weighted by molar-refractivity contribution is 5.77. The second-order valence-electron chi connectivity index (χ2n) is 7.98. The minimum atomic E-state index is -0.353. The Morgan fingerprint density at radius 2 is 2.04 bits per heavy atom. The van der Waals surface area contributed by atoms with Crippen LogP contribution in [-0.4, -0.2) is 79.5 Å². The fourth-order valence-electron chi connectivity index (χ4n) is 4.45. The van der Waals surface area contributed by atoms with Crippen LogP contribution in [0.1, 0.15) is 32.1 Å². The molecule has 0 N–H and O–H groups in total. The molecule has 3 aliphatic heterocycles. The average Bonchev–Trinajstić information content (AvgIpc) is 3.19. The van der Waals surface area contributed by atoms with Gasteiger partial charge in [-0.1, -0.05) is 0 Å². The SMILES string of the molecule is COc1nccnc1N1CCC2(CC1)CC(=O)N(CCC1CCOC1)CCO2. The molecule has 3 aliphatic rings. The van der Waals surface area contributed by atoms with Crippen molar-refractivity contribution < 1.29 is 19.0 Å². The summed E-state index contributed by atoms with van der Waals surface area (Å²) in [6.07, 6.45) is 7.54. The molecule has 8 nitrogen and oxygen atoms in total. The van der Waals surface area contributed by atoms with Crippen molar-refractivity contribution in [3.05, 3.63) is 12.4 Å². The molecule has 0 aliphatic carbocycles. The van der Waals surface area contributed by atoms with Crippen LogP contribution in [0.15, 0.2) is 12.4 Å². The van der Waals surface area contributed by atoms with Gasteiger partial charge in [0.2, 0.25) is 5.91 Å². The van der Waals surface area contributed by atoms with Gasteiger partial charge in [0.25, 0.3) is 5.88 Å². The number of piperidine rings is 1. The van der Waals surface area contributed by atoms with Crippen molar-refractivity contribution in [2.24, 2.45) is 5.92 Å². The number of anilines is 1. The van der Waals surface area contributed by atoms with Gasteiger partial charge in [-0.15, -0.1) is 0 Å². The van der Waals surface area contributed by atoms with E-state index in [9.17, 15) is 4.79 Å². The van der Waals surface area contributed by atoms with E-state index >= 15 is 0 Å². The molecule has 154 valence electrons. The van der Waals surface area contributed by atoms with Gasteiger partial charge < -0.3 is 24.0 Å². The lowest BCUT2D eigenvalue weighted by Gasteiger charge is -2.41. The fourth-order valence-corrected chi connectivity index (χ4v) is 4.45. The van der Waals surface area contributed by atoms with Crippen molar-refractivity contribution in [2.45, 2.75) is 37.7 Å². The van der Waals surface area contributed by atoms with Gasteiger partial charge in [-0.25, -0.2) is 9.97 Å². The van der Waals surface area contributed by atoms with E-state index in [4.69, 9.17) is 14.2 Å². The lowest BCUT2D eigenvalue weighted by atomic mass is 9.87. The molecule has 0 radical (unpaired) electrons. The van der Waals surface area contributed by atoms with E-state index in [1.165, 1.54) is 0 Å². The Morgan fingerprint density at radius 3 is 2.79 bits per heavy atom. The molecule has 1 aromatic rings. The van der Waals surface area contributed by atoms with Crippen LogP contribution in [0.3, 0.4) is 0 Å². The quantitative estimate of drug-likeness (QED) is 0.754. The monoisotopic (exact) mass is 390 g/mol. The zero-order valence-corrected chi connectivity index (χ0v) is 16.6. The highest BCUT2D eigenvalue weighted by atomic mass is 16.5. The molecule has 8 heteroatoms. The molecule has 0 aromatic carbocycles. The minimum absolute atomic E-state index is 0.224. The lowest BCUT2D eigenvalue weighted by molar-refractivity contribution is -0.134. The maximum Gasteiger partial charge on any atom is 0.257 e. The van der Waals surface area contributed by atoms with Gasteiger partial charge in [-0.2, -0.15) is 0 Å². The molecule has 28 heavy (non-hydrogen) atoms. The van der Waals surface area contributed by atoms with Crippen LogP contribution in [-0.2, 0) is 14.3 Å². The summed E-state index contributed by atoms with van der Waals surface area (Å²) >= 11 is 0. The molecule has 1 unspecified atom stereocenters. The van der Waals surface area contributed by atoms with E-state index < -0.39 is 0 Å². The van der Waals surface area contributed by atoms with Gasteiger partial charge in [0.05, 0.1) is 25.7 Å². The molecular weight excluding hydrogens is 360 g/mol. The Balaban J connectivity index is 1.34. The summed E-state index contributed by atoms with van der Waals surface area (Å²) in [5.41, 5.74) is -0.353. The van der Waals surface area contributed by atoms with E-state index in [1.807, 2.05) is 4.90 Å². The number of rotatable bonds is 5. The molecule has 3 fully saturated rings. The van der Waals surface area contributed by atoms with Crippen molar-refractivity contribution in [3.8, 4) is 5.88 Å². The van der Waals surface area contributed by atoms with Gasteiger partial charge in [-0.3, -0.25) is 4.79 Å². The maximum atomic E-state index is 12.9. The van der Waals surface area contributed by atoms with Gasteiger partial charge in [0.1, 0.15) is 0 Å². The van der Waals surface area contributed by atoms with Crippen molar-refractivity contribution in [1.29, 1.82) is 0 Å². The summed E-state index contributed by atoms with van der Waals surface area (Å²) in [4.78, 5) is 25.7. The fraction of sp³-hybridized carbons (Fsp3) is 0.750. The normalized spacial score (nSPS) is 25.2. The highest BCUT2D eigenvalue weighted by Gasteiger charge is 2.41. The average molecular weight is 390 g/mol. The summed E-state index contributed by atoms with van der Waals surface area (Å²) in [5.74, 6) is 2.12. The molecule has 0 bridgehead atoms. The van der Waals surface area contributed by atoms with E-state index in [2.05, 4.69) is 14.9 Å². The van der Waals surface area contributed by atoms with E-state index in [0.29, 0.717) is 31.4 Å². The molecular formula is C20H30N4O4. The molecule has 1 atom stereocenters. The molecule has 1 spiro atoms. The summed E-state index contributed by atoms with van der Waals surface area (Å²) < 4.78 is 17.1. The van der Waals surface area contributed by atoms with Crippen molar-refractivity contribution in [2.75, 3.05) is 58.0 Å². The molecule has 1 amide bonds. The summed E-state index contributed by atoms with van der Waals surface area (Å²) in [5, 5.41) is 0. The number of carbonyl (C=O) groups excluding carboxylic acids is 1. The first-order chi connectivity index (χ1) is 13.7. The number of aromatic nitrogens is 2. The van der Waals surface area contributed by atoms with Crippen LogP contribution in [0.25, 0.3) is 0 Å². The summed E-state index contributed by atoms with van der Waals surface area (Å²) in [6.45, 7) is 5.37. The predicted octanol–water partition coefficient (Wildman–Crippen LogP) is 1.50. The molecule has 4 heterocycles. The lowest BCUT2D eigenvalue weighted by Crippen LogP contribution is -2.47.